The Morgan fingerprint density at radius 2 is 2.22 bits per heavy atom. The number of hydrogen-bond donors (Lipinski definition) is 0. The second-order valence-corrected chi connectivity index (χ2v) is 5.52. The van der Waals surface area contributed by atoms with Crippen LogP contribution >= 0.6 is 11.6 Å². The van der Waals surface area contributed by atoms with E-state index in [1.165, 1.54) is 24.6 Å². The molecule has 1 aromatic carbocycles. The van der Waals surface area contributed by atoms with Crippen molar-refractivity contribution in [1.29, 1.82) is 0 Å². The van der Waals surface area contributed by atoms with Crippen molar-refractivity contribution in [2.75, 3.05) is 6.61 Å². The van der Waals surface area contributed by atoms with E-state index in [9.17, 15) is 4.39 Å². The number of benzene rings is 1. The van der Waals surface area contributed by atoms with E-state index < -0.39 is 5.82 Å². The molecule has 0 bridgehead atoms. The lowest BCUT2D eigenvalue weighted by Gasteiger charge is -2.05. The van der Waals surface area contributed by atoms with Gasteiger partial charge in [-0.2, -0.15) is 4.98 Å². The van der Waals surface area contributed by atoms with Crippen LogP contribution in [0.2, 0.25) is 5.02 Å². The molecule has 0 aliphatic carbocycles. The fourth-order valence-electron chi connectivity index (χ4n) is 2.53. The largest absolute Gasteiger partial charge is 0.445 e. The predicted molar refractivity (Wildman–Crippen MR) is 78.1 cm³/mol. The summed E-state index contributed by atoms with van der Waals surface area (Å²) < 4.78 is 29.4. The highest BCUT2D eigenvalue weighted by Gasteiger charge is 2.28. The molecule has 1 fully saturated rings. The van der Waals surface area contributed by atoms with E-state index in [0.717, 1.165) is 12.8 Å². The lowest BCUT2D eigenvalue weighted by Crippen LogP contribution is -1.96. The molecule has 0 spiro atoms. The fourth-order valence-corrected chi connectivity index (χ4v) is 2.78. The molecule has 0 radical (unpaired) electrons. The molecule has 0 amide bonds. The molecule has 3 heterocycles. The second kappa shape index (κ2) is 5.75. The van der Waals surface area contributed by atoms with Crippen LogP contribution in [-0.4, -0.2) is 21.7 Å². The van der Waals surface area contributed by atoms with Gasteiger partial charge >= 0.3 is 0 Å². The predicted octanol–water partition coefficient (Wildman–Crippen LogP) is 4.04. The molecule has 4 rings (SSSR count). The van der Waals surface area contributed by atoms with Crippen LogP contribution in [0.25, 0.3) is 23.0 Å². The van der Waals surface area contributed by atoms with Crippen molar-refractivity contribution in [2.24, 2.45) is 0 Å². The van der Waals surface area contributed by atoms with Gasteiger partial charge in [-0.1, -0.05) is 16.8 Å². The highest BCUT2D eigenvalue weighted by atomic mass is 35.5. The quantitative estimate of drug-likeness (QED) is 0.719. The third kappa shape index (κ3) is 2.62. The van der Waals surface area contributed by atoms with Crippen LogP contribution in [0.3, 0.4) is 0 Å². The SMILES string of the molecule is Fc1ccc(-c2noc(-c3ncoc3C3CCCO3)n2)c(Cl)c1. The molecule has 0 N–H and O–H groups in total. The van der Waals surface area contributed by atoms with Gasteiger partial charge in [0, 0.05) is 12.2 Å². The summed E-state index contributed by atoms with van der Waals surface area (Å²) in [6.45, 7) is 0.686. The number of ether oxygens (including phenoxy) is 1. The van der Waals surface area contributed by atoms with E-state index >= 15 is 0 Å². The maximum atomic E-state index is 13.1. The van der Waals surface area contributed by atoms with Crippen LogP contribution in [0.5, 0.6) is 0 Å². The van der Waals surface area contributed by atoms with E-state index in [-0.39, 0.29) is 22.8 Å². The Hall–Kier alpha value is -2.25. The molecule has 8 heteroatoms. The normalized spacial score (nSPS) is 17.7. The van der Waals surface area contributed by atoms with E-state index in [0.29, 0.717) is 23.6 Å². The maximum Gasteiger partial charge on any atom is 0.280 e. The summed E-state index contributed by atoms with van der Waals surface area (Å²) in [5.74, 6) is 0.605. The summed E-state index contributed by atoms with van der Waals surface area (Å²) in [5.41, 5.74) is 0.930. The second-order valence-electron chi connectivity index (χ2n) is 5.11. The Morgan fingerprint density at radius 3 is 3.00 bits per heavy atom. The monoisotopic (exact) mass is 335 g/mol. The lowest BCUT2D eigenvalue weighted by molar-refractivity contribution is 0.0939. The molecular weight excluding hydrogens is 325 g/mol. The number of rotatable bonds is 3. The van der Waals surface area contributed by atoms with Gasteiger partial charge < -0.3 is 13.7 Å². The molecule has 6 nitrogen and oxygen atoms in total. The van der Waals surface area contributed by atoms with Crippen LogP contribution in [-0.2, 0) is 4.74 Å². The fraction of sp³-hybridized carbons (Fsp3) is 0.267. The molecule has 2 aromatic heterocycles. The van der Waals surface area contributed by atoms with Gasteiger partial charge in [0.25, 0.3) is 5.89 Å². The third-order valence-corrected chi connectivity index (χ3v) is 3.93. The number of hydrogen-bond acceptors (Lipinski definition) is 6. The van der Waals surface area contributed by atoms with Gasteiger partial charge in [0.15, 0.2) is 17.8 Å². The summed E-state index contributed by atoms with van der Waals surface area (Å²) in [6.07, 6.45) is 2.98. The standard InChI is InChI=1S/C15H11ClFN3O3/c16-10-6-8(17)3-4-9(10)14-19-15(23-20-14)12-13(22-7-18-12)11-2-1-5-21-11/h3-4,6-7,11H,1-2,5H2. The van der Waals surface area contributed by atoms with Crippen molar-refractivity contribution in [3.8, 4) is 23.0 Å². The molecule has 1 aliphatic rings. The highest BCUT2D eigenvalue weighted by Crippen LogP contribution is 2.35. The van der Waals surface area contributed by atoms with Crippen molar-refractivity contribution >= 4 is 11.6 Å². The average Bonchev–Trinajstić information content (AvgIpc) is 3.27. The van der Waals surface area contributed by atoms with Crippen molar-refractivity contribution in [3.05, 3.63) is 41.2 Å². The minimum Gasteiger partial charge on any atom is -0.445 e. The number of halogens is 2. The lowest BCUT2D eigenvalue weighted by atomic mass is 10.1. The van der Waals surface area contributed by atoms with Crippen LogP contribution in [0, 0.1) is 5.82 Å². The average molecular weight is 336 g/mol. The zero-order chi connectivity index (χ0) is 15.8. The molecule has 1 unspecified atom stereocenters. The van der Waals surface area contributed by atoms with Crippen molar-refractivity contribution in [2.45, 2.75) is 18.9 Å². The molecule has 1 saturated heterocycles. The zero-order valence-corrected chi connectivity index (χ0v) is 12.6. The number of nitrogens with zero attached hydrogens (tertiary/aromatic N) is 3. The molecule has 118 valence electrons. The minimum absolute atomic E-state index is 0.155. The third-order valence-electron chi connectivity index (χ3n) is 3.62. The first-order valence-electron chi connectivity index (χ1n) is 7.07. The van der Waals surface area contributed by atoms with Crippen LogP contribution in [0.4, 0.5) is 4.39 Å². The van der Waals surface area contributed by atoms with E-state index in [2.05, 4.69) is 15.1 Å². The van der Waals surface area contributed by atoms with E-state index in [1.54, 1.807) is 0 Å². The number of aromatic nitrogens is 3. The van der Waals surface area contributed by atoms with Crippen molar-refractivity contribution in [1.82, 2.24) is 15.1 Å². The van der Waals surface area contributed by atoms with Crippen molar-refractivity contribution in [3.63, 3.8) is 0 Å². The Kier molecular flexibility index (Phi) is 3.59. The van der Waals surface area contributed by atoms with Gasteiger partial charge in [0.1, 0.15) is 11.9 Å². The van der Waals surface area contributed by atoms with Gasteiger partial charge in [-0.25, -0.2) is 9.37 Å². The molecule has 1 aliphatic heterocycles. The number of oxazole rings is 1. The zero-order valence-electron chi connectivity index (χ0n) is 11.8. The van der Waals surface area contributed by atoms with Crippen LogP contribution < -0.4 is 0 Å². The topological polar surface area (TPSA) is 74.2 Å². The molecule has 3 aromatic rings. The highest BCUT2D eigenvalue weighted by molar-refractivity contribution is 6.33. The summed E-state index contributed by atoms with van der Waals surface area (Å²) >= 11 is 6.02. The summed E-state index contributed by atoms with van der Waals surface area (Å²) in [4.78, 5) is 8.42. The molecule has 1 atom stereocenters. The Labute approximate surface area is 135 Å². The van der Waals surface area contributed by atoms with Crippen molar-refractivity contribution < 1.29 is 18.1 Å². The summed E-state index contributed by atoms with van der Waals surface area (Å²) in [6, 6.07) is 3.97. The van der Waals surface area contributed by atoms with Gasteiger partial charge in [-0.3, -0.25) is 0 Å². The van der Waals surface area contributed by atoms with E-state index in [4.69, 9.17) is 25.3 Å². The smallest absolute Gasteiger partial charge is 0.280 e. The van der Waals surface area contributed by atoms with Gasteiger partial charge in [0.05, 0.1) is 5.02 Å². The Morgan fingerprint density at radius 1 is 1.30 bits per heavy atom. The molecule has 0 saturated carbocycles. The summed E-state index contributed by atoms with van der Waals surface area (Å²) in [7, 11) is 0. The Bertz CT molecular complexity index is 842. The van der Waals surface area contributed by atoms with Gasteiger partial charge in [-0.15, -0.1) is 0 Å². The first-order valence-corrected chi connectivity index (χ1v) is 7.44. The maximum absolute atomic E-state index is 13.1. The first kappa shape index (κ1) is 14.3. The molecular formula is C15H11ClFN3O3. The Balaban J connectivity index is 1.70. The van der Waals surface area contributed by atoms with Gasteiger partial charge in [-0.05, 0) is 31.0 Å². The molecule has 23 heavy (non-hydrogen) atoms. The minimum atomic E-state index is -0.431. The van der Waals surface area contributed by atoms with Gasteiger partial charge in [0.2, 0.25) is 5.82 Å². The van der Waals surface area contributed by atoms with Crippen LogP contribution in [0.15, 0.2) is 33.5 Å². The summed E-state index contributed by atoms with van der Waals surface area (Å²) in [5, 5.41) is 4.09. The van der Waals surface area contributed by atoms with Crippen LogP contribution in [0.1, 0.15) is 24.7 Å². The van der Waals surface area contributed by atoms with E-state index in [1.807, 2.05) is 0 Å². The first-order chi connectivity index (χ1) is 11.2.